The van der Waals surface area contributed by atoms with Crippen molar-refractivity contribution in [2.24, 2.45) is 0 Å². The van der Waals surface area contributed by atoms with E-state index in [4.69, 9.17) is 0 Å². The summed E-state index contributed by atoms with van der Waals surface area (Å²) in [5.41, 5.74) is -0.136. The monoisotopic (exact) mass is 348 g/mol. The summed E-state index contributed by atoms with van der Waals surface area (Å²) in [6.07, 6.45) is 1.92. The SMILES string of the molecule is CSCC(C)(O)CNCc1ccc(Br)cc1[N+](=O)[O-]. The van der Waals surface area contributed by atoms with Gasteiger partial charge in [0.1, 0.15) is 0 Å². The third-order valence-corrected chi connectivity index (χ3v) is 3.92. The Hall–Kier alpha value is -0.630. The molecule has 0 aliphatic heterocycles. The van der Waals surface area contributed by atoms with Crippen molar-refractivity contribution in [1.82, 2.24) is 5.32 Å². The lowest BCUT2D eigenvalue weighted by molar-refractivity contribution is -0.385. The van der Waals surface area contributed by atoms with E-state index >= 15 is 0 Å². The van der Waals surface area contributed by atoms with E-state index in [0.29, 0.717) is 28.9 Å². The molecule has 0 aliphatic rings. The summed E-state index contributed by atoms with van der Waals surface area (Å²) in [6.45, 7) is 2.49. The maximum Gasteiger partial charge on any atom is 0.275 e. The fraction of sp³-hybridized carbons (Fsp3) is 0.500. The van der Waals surface area contributed by atoms with Gasteiger partial charge in [0.2, 0.25) is 0 Å². The highest BCUT2D eigenvalue weighted by atomic mass is 79.9. The van der Waals surface area contributed by atoms with Crippen LogP contribution in [0.2, 0.25) is 0 Å². The van der Waals surface area contributed by atoms with E-state index in [9.17, 15) is 15.2 Å². The first-order valence-corrected chi connectivity index (χ1v) is 7.89. The van der Waals surface area contributed by atoms with E-state index in [2.05, 4.69) is 21.2 Å². The molecule has 0 amide bonds. The lowest BCUT2D eigenvalue weighted by Gasteiger charge is -2.22. The summed E-state index contributed by atoms with van der Waals surface area (Å²) in [7, 11) is 0. The van der Waals surface area contributed by atoms with Gasteiger partial charge in [-0.15, -0.1) is 0 Å². The number of nitro benzene ring substituents is 1. The van der Waals surface area contributed by atoms with Crippen LogP contribution >= 0.6 is 27.7 Å². The molecule has 0 radical (unpaired) electrons. The Morgan fingerprint density at radius 1 is 1.58 bits per heavy atom. The van der Waals surface area contributed by atoms with E-state index in [-0.39, 0.29) is 5.69 Å². The van der Waals surface area contributed by atoms with Crippen molar-refractivity contribution in [1.29, 1.82) is 0 Å². The van der Waals surface area contributed by atoms with Gasteiger partial charge in [0.05, 0.1) is 10.5 Å². The number of hydrogen-bond donors (Lipinski definition) is 2. The number of nitro groups is 1. The van der Waals surface area contributed by atoms with Gasteiger partial charge in [-0.05, 0) is 25.3 Å². The van der Waals surface area contributed by atoms with Gasteiger partial charge in [0.15, 0.2) is 0 Å². The number of nitrogens with zero attached hydrogens (tertiary/aromatic N) is 1. The van der Waals surface area contributed by atoms with Crippen LogP contribution in [0.5, 0.6) is 0 Å². The first-order chi connectivity index (χ1) is 8.85. The van der Waals surface area contributed by atoms with Crippen molar-refractivity contribution in [2.75, 3.05) is 18.6 Å². The van der Waals surface area contributed by atoms with Crippen LogP contribution in [-0.2, 0) is 6.54 Å². The molecule has 19 heavy (non-hydrogen) atoms. The first-order valence-electron chi connectivity index (χ1n) is 5.70. The molecule has 0 saturated carbocycles. The minimum Gasteiger partial charge on any atom is -0.388 e. The van der Waals surface area contributed by atoms with Gasteiger partial charge >= 0.3 is 0 Å². The first kappa shape index (κ1) is 16.4. The maximum absolute atomic E-state index is 10.9. The molecule has 0 aromatic heterocycles. The van der Waals surface area contributed by atoms with Gasteiger partial charge < -0.3 is 10.4 Å². The Labute approximate surface area is 125 Å². The molecule has 1 aromatic carbocycles. The smallest absolute Gasteiger partial charge is 0.275 e. The average molecular weight is 349 g/mol. The topological polar surface area (TPSA) is 75.4 Å². The minimum atomic E-state index is -0.816. The summed E-state index contributed by atoms with van der Waals surface area (Å²) in [5, 5.41) is 24.0. The fourth-order valence-corrected chi connectivity index (χ4v) is 2.76. The number of thioether (sulfide) groups is 1. The Bertz CT molecular complexity index is 455. The van der Waals surface area contributed by atoms with Crippen LogP contribution in [-0.4, -0.2) is 34.2 Å². The van der Waals surface area contributed by atoms with Crippen LogP contribution in [0, 0.1) is 10.1 Å². The van der Waals surface area contributed by atoms with Crippen LogP contribution < -0.4 is 5.32 Å². The second kappa shape index (κ2) is 7.23. The van der Waals surface area contributed by atoms with Crippen LogP contribution in [0.25, 0.3) is 0 Å². The summed E-state index contributed by atoms with van der Waals surface area (Å²) in [5.74, 6) is 0.614. The van der Waals surface area contributed by atoms with Gasteiger partial charge in [-0.2, -0.15) is 11.8 Å². The Morgan fingerprint density at radius 3 is 2.84 bits per heavy atom. The molecular formula is C12H17BrN2O3S. The summed E-state index contributed by atoms with van der Waals surface area (Å²) < 4.78 is 0.678. The van der Waals surface area contributed by atoms with Crippen molar-refractivity contribution in [2.45, 2.75) is 19.1 Å². The molecule has 2 N–H and O–H groups in total. The van der Waals surface area contributed by atoms with E-state index in [1.165, 1.54) is 6.07 Å². The number of nitrogens with one attached hydrogen (secondary N) is 1. The molecular weight excluding hydrogens is 332 g/mol. The molecule has 0 fully saturated rings. The van der Waals surface area contributed by atoms with Gasteiger partial charge in [0.25, 0.3) is 5.69 Å². The Morgan fingerprint density at radius 2 is 2.26 bits per heavy atom. The van der Waals surface area contributed by atoms with E-state index in [1.54, 1.807) is 30.8 Å². The third-order valence-electron chi connectivity index (χ3n) is 2.52. The lowest BCUT2D eigenvalue weighted by atomic mass is 10.1. The highest BCUT2D eigenvalue weighted by Crippen LogP contribution is 2.23. The summed E-state index contributed by atoms with van der Waals surface area (Å²) in [6, 6.07) is 4.96. The highest BCUT2D eigenvalue weighted by molar-refractivity contribution is 9.10. The van der Waals surface area contributed by atoms with E-state index < -0.39 is 10.5 Å². The molecule has 1 aromatic rings. The zero-order valence-corrected chi connectivity index (χ0v) is 13.3. The number of aliphatic hydroxyl groups is 1. The number of hydrogen-bond acceptors (Lipinski definition) is 5. The summed E-state index contributed by atoms with van der Waals surface area (Å²) in [4.78, 5) is 10.5. The Balaban J connectivity index is 2.66. The van der Waals surface area contributed by atoms with Crippen molar-refractivity contribution in [3.63, 3.8) is 0 Å². The van der Waals surface area contributed by atoms with Crippen LogP contribution in [0.15, 0.2) is 22.7 Å². The number of benzene rings is 1. The maximum atomic E-state index is 10.9. The van der Waals surface area contributed by atoms with Gasteiger partial charge in [0, 0.05) is 34.9 Å². The fourth-order valence-electron chi connectivity index (χ4n) is 1.68. The standard InChI is InChI=1S/C12H17BrN2O3S/c1-12(16,8-19-2)7-14-6-9-3-4-10(13)5-11(9)15(17)18/h3-5,14,16H,6-8H2,1-2H3. The normalized spacial score (nSPS) is 14.1. The van der Waals surface area contributed by atoms with Crippen LogP contribution in [0.3, 0.4) is 0 Å². The van der Waals surface area contributed by atoms with E-state index in [0.717, 1.165) is 0 Å². The lowest BCUT2D eigenvalue weighted by Crippen LogP contribution is -2.39. The van der Waals surface area contributed by atoms with Crippen LogP contribution in [0.1, 0.15) is 12.5 Å². The predicted octanol–water partition coefficient (Wildman–Crippen LogP) is 2.56. The molecule has 1 rings (SSSR count). The molecule has 106 valence electrons. The van der Waals surface area contributed by atoms with Crippen molar-refractivity contribution >= 4 is 33.4 Å². The molecule has 0 saturated heterocycles. The molecule has 0 heterocycles. The van der Waals surface area contributed by atoms with Gasteiger partial charge in [-0.25, -0.2) is 0 Å². The van der Waals surface area contributed by atoms with Crippen molar-refractivity contribution in [3.05, 3.63) is 38.3 Å². The Kier molecular flexibility index (Phi) is 6.25. The molecule has 0 spiro atoms. The molecule has 5 nitrogen and oxygen atoms in total. The zero-order valence-electron chi connectivity index (χ0n) is 10.9. The molecule has 0 bridgehead atoms. The molecule has 1 unspecified atom stereocenters. The van der Waals surface area contributed by atoms with Gasteiger partial charge in [-0.3, -0.25) is 10.1 Å². The predicted molar refractivity (Wildman–Crippen MR) is 81.5 cm³/mol. The van der Waals surface area contributed by atoms with Crippen LogP contribution in [0.4, 0.5) is 5.69 Å². The second-order valence-electron chi connectivity index (χ2n) is 4.56. The molecule has 1 atom stereocenters. The van der Waals surface area contributed by atoms with Gasteiger partial charge in [-0.1, -0.05) is 15.9 Å². The minimum absolute atomic E-state index is 0.0754. The van der Waals surface area contributed by atoms with E-state index in [1.807, 2.05) is 6.26 Å². The largest absolute Gasteiger partial charge is 0.388 e. The van der Waals surface area contributed by atoms with Crippen molar-refractivity contribution < 1.29 is 10.0 Å². The third kappa shape index (κ3) is 5.48. The second-order valence-corrected chi connectivity index (χ2v) is 6.35. The number of halogens is 1. The average Bonchev–Trinajstić information content (AvgIpc) is 2.30. The molecule has 7 heteroatoms. The van der Waals surface area contributed by atoms with Crippen molar-refractivity contribution in [3.8, 4) is 0 Å². The quantitative estimate of drug-likeness (QED) is 0.585. The molecule has 0 aliphatic carbocycles. The number of rotatable bonds is 7. The summed E-state index contributed by atoms with van der Waals surface area (Å²) >= 11 is 4.78. The zero-order chi connectivity index (χ0) is 14.5. The highest BCUT2D eigenvalue weighted by Gasteiger charge is 2.20.